The smallest absolute Gasteiger partial charge is 0.159 e. The molecule has 0 radical (unpaired) electrons. The number of rotatable bonds is 4. The van der Waals surface area contributed by atoms with Gasteiger partial charge in [0.2, 0.25) is 0 Å². The largest absolute Gasteiger partial charge is 0.354 e. The quantitative estimate of drug-likeness (QED) is 0.264. The fourth-order valence-corrected chi connectivity index (χ4v) is 4.18. The van der Waals surface area contributed by atoms with Crippen molar-refractivity contribution < 1.29 is 13.2 Å². The Labute approximate surface area is 196 Å². The van der Waals surface area contributed by atoms with E-state index in [9.17, 15) is 13.2 Å². The van der Waals surface area contributed by atoms with Gasteiger partial charge in [-0.1, -0.05) is 55.5 Å². The number of aromatic nitrogens is 1. The maximum Gasteiger partial charge on any atom is 0.159 e. The number of H-pyrrole nitrogens is 1. The third-order valence-electron chi connectivity index (χ3n) is 6.05. The van der Waals surface area contributed by atoms with E-state index in [1.54, 1.807) is 12.1 Å². The number of halogens is 3. The molecule has 1 nitrogen and oxygen atoms in total. The van der Waals surface area contributed by atoms with E-state index in [0.29, 0.717) is 11.1 Å². The van der Waals surface area contributed by atoms with Gasteiger partial charge in [0.1, 0.15) is 5.82 Å². The second-order valence-corrected chi connectivity index (χ2v) is 8.44. The van der Waals surface area contributed by atoms with Gasteiger partial charge in [0.05, 0.1) is 5.56 Å². The zero-order chi connectivity index (χ0) is 23.7. The van der Waals surface area contributed by atoms with Gasteiger partial charge in [0.15, 0.2) is 11.6 Å². The Morgan fingerprint density at radius 3 is 2.12 bits per heavy atom. The standard InChI is InChI=1S/C30H22F3N/c1-2-3-4-19-6-12-24-25-13-7-20(16-30(25)34-29(24)15-19)5-8-21-9-10-22(17-27(21)32)23-11-14-26(31)28(33)18-23/h6-7,9-18,34H,2-4H2,1H3. The van der Waals surface area contributed by atoms with Crippen LogP contribution in [0.5, 0.6) is 0 Å². The molecule has 0 spiro atoms. The molecule has 0 aliphatic carbocycles. The van der Waals surface area contributed by atoms with E-state index < -0.39 is 17.5 Å². The van der Waals surface area contributed by atoms with Crippen molar-refractivity contribution in [2.24, 2.45) is 0 Å². The van der Waals surface area contributed by atoms with E-state index in [-0.39, 0.29) is 5.56 Å². The molecule has 0 saturated carbocycles. The first-order chi connectivity index (χ1) is 16.5. The van der Waals surface area contributed by atoms with E-state index in [1.807, 2.05) is 18.2 Å². The highest BCUT2D eigenvalue weighted by atomic mass is 19.2. The predicted octanol–water partition coefficient (Wildman–Crippen LogP) is 8.15. The highest BCUT2D eigenvalue weighted by Crippen LogP contribution is 2.28. The van der Waals surface area contributed by atoms with Crippen LogP contribution in [0.3, 0.4) is 0 Å². The zero-order valence-corrected chi connectivity index (χ0v) is 18.7. The number of benzene rings is 4. The summed E-state index contributed by atoms with van der Waals surface area (Å²) in [5.74, 6) is 3.51. The first-order valence-corrected chi connectivity index (χ1v) is 11.3. The molecular formula is C30H22F3N. The maximum atomic E-state index is 14.7. The molecule has 168 valence electrons. The van der Waals surface area contributed by atoms with Crippen molar-refractivity contribution in [1.82, 2.24) is 4.98 Å². The summed E-state index contributed by atoms with van der Waals surface area (Å²) in [6, 6.07) is 20.5. The number of hydrogen-bond acceptors (Lipinski definition) is 0. The third kappa shape index (κ3) is 4.30. The van der Waals surface area contributed by atoms with Crippen LogP contribution in [0.2, 0.25) is 0 Å². The van der Waals surface area contributed by atoms with Crippen molar-refractivity contribution in [1.29, 1.82) is 0 Å². The van der Waals surface area contributed by atoms with Gasteiger partial charge >= 0.3 is 0 Å². The Kier molecular flexibility index (Phi) is 5.86. The van der Waals surface area contributed by atoms with Gasteiger partial charge < -0.3 is 4.98 Å². The lowest BCUT2D eigenvalue weighted by Gasteiger charge is -2.04. The lowest BCUT2D eigenvalue weighted by Crippen LogP contribution is -1.89. The first kappa shape index (κ1) is 21.9. The molecule has 0 saturated heterocycles. The van der Waals surface area contributed by atoms with Gasteiger partial charge in [-0.25, -0.2) is 13.2 Å². The van der Waals surface area contributed by atoms with E-state index in [0.717, 1.165) is 40.5 Å². The molecule has 1 N–H and O–H groups in total. The molecule has 1 heterocycles. The van der Waals surface area contributed by atoms with Gasteiger partial charge in [-0.15, -0.1) is 0 Å². The summed E-state index contributed by atoms with van der Waals surface area (Å²) in [7, 11) is 0. The van der Waals surface area contributed by atoms with Crippen LogP contribution in [0.25, 0.3) is 32.9 Å². The van der Waals surface area contributed by atoms with Gasteiger partial charge in [0, 0.05) is 27.4 Å². The highest BCUT2D eigenvalue weighted by molar-refractivity contribution is 6.07. The third-order valence-corrected chi connectivity index (χ3v) is 6.05. The average Bonchev–Trinajstić information content (AvgIpc) is 3.20. The van der Waals surface area contributed by atoms with Crippen LogP contribution in [-0.4, -0.2) is 4.98 Å². The summed E-state index contributed by atoms with van der Waals surface area (Å²) < 4.78 is 41.3. The number of nitrogens with one attached hydrogen (secondary N) is 1. The van der Waals surface area contributed by atoms with Crippen LogP contribution in [0.15, 0.2) is 72.8 Å². The van der Waals surface area contributed by atoms with Crippen molar-refractivity contribution in [3.8, 4) is 23.0 Å². The van der Waals surface area contributed by atoms with Gasteiger partial charge in [-0.05, 0) is 72.0 Å². The molecule has 0 amide bonds. The Balaban J connectivity index is 1.43. The molecule has 0 unspecified atom stereocenters. The van der Waals surface area contributed by atoms with Crippen molar-refractivity contribution in [3.05, 3.63) is 107 Å². The number of aromatic amines is 1. The number of unbranched alkanes of at least 4 members (excludes halogenated alkanes) is 1. The summed E-state index contributed by atoms with van der Waals surface area (Å²) in [5.41, 5.74) is 5.29. The molecule has 0 aliphatic rings. The van der Waals surface area contributed by atoms with E-state index in [1.165, 1.54) is 35.9 Å². The summed E-state index contributed by atoms with van der Waals surface area (Å²) >= 11 is 0. The maximum absolute atomic E-state index is 14.7. The van der Waals surface area contributed by atoms with Crippen LogP contribution in [0.4, 0.5) is 13.2 Å². The van der Waals surface area contributed by atoms with Crippen LogP contribution >= 0.6 is 0 Å². The second-order valence-electron chi connectivity index (χ2n) is 8.44. The minimum Gasteiger partial charge on any atom is -0.354 e. The minimum atomic E-state index is -0.966. The predicted molar refractivity (Wildman–Crippen MR) is 132 cm³/mol. The van der Waals surface area contributed by atoms with Crippen LogP contribution < -0.4 is 0 Å². The van der Waals surface area contributed by atoms with Crippen molar-refractivity contribution >= 4 is 21.8 Å². The highest BCUT2D eigenvalue weighted by Gasteiger charge is 2.08. The van der Waals surface area contributed by atoms with Gasteiger partial charge in [-0.2, -0.15) is 0 Å². The molecule has 0 bridgehead atoms. The van der Waals surface area contributed by atoms with Crippen molar-refractivity contribution in [2.75, 3.05) is 0 Å². The normalized spacial score (nSPS) is 11.1. The summed E-state index contributed by atoms with van der Waals surface area (Å²) in [5, 5.41) is 2.30. The minimum absolute atomic E-state index is 0.239. The topological polar surface area (TPSA) is 15.8 Å². The summed E-state index contributed by atoms with van der Waals surface area (Å²) in [6.45, 7) is 2.19. The number of hydrogen-bond donors (Lipinski definition) is 1. The van der Waals surface area contributed by atoms with Crippen molar-refractivity contribution in [3.63, 3.8) is 0 Å². The lowest BCUT2D eigenvalue weighted by atomic mass is 10.0. The molecule has 1 aromatic heterocycles. The molecule has 0 fully saturated rings. The van der Waals surface area contributed by atoms with Gasteiger partial charge in [-0.3, -0.25) is 0 Å². The SMILES string of the molecule is CCCCc1ccc2c(c1)[nH]c1cc(C#Cc3ccc(-c4ccc(F)c(F)c4)cc3F)ccc12. The Hall–Kier alpha value is -3.97. The molecule has 0 atom stereocenters. The number of aryl methyl sites for hydroxylation is 1. The molecule has 0 aliphatic heterocycles. The molecule has 34 heavy (non-hydrogen) atoms. The monoisotopic (exact) mass is 453 g/mol. The molecular weight excluding hydrogens is 431 g/mol. The van der Waals surface area contributed by atoms with E-state index >= 15 is 0 Å². The summed E-state index contributed by atoms with van der Waals surface area (Å²) in [4.78, 5) is 3.48. The Morgan fingerprint density at radius 2 is 1.38 bits per heavy atom. The van der Waals surface area contributed by atoms with E-state index in [4.69, 9.17) is 0 Å². The zero-order valence-electron chi connectivity index (χ0n) is 18.7. The average molecular weight is 454 g/mol. The van der Waals surface area contributed by atoms with Crippen LogP contribution in [-0.2, 0) is 6.42 Å². The van der Waals surface area contributed by atoms with Gasteiger partial charge in [0.25, 0.3) is 0 Å². The molecule has 4 aromatic carbocycles. The van der Waals surface area contributed by atoms with Crippen LogP contribution in [0.1, 0.15) is 36.5 Å². The Morgan fingerprint density at radius 1 is 0.676 bits per heavy atom. The lowest BCUT2D eigenvalue weighted by molar-refractivity contribution is 0.509. The molecule has 5 rings (SSSR count). The van der Waals surface area contributed by atoms with Crippen molar-refractivity contribution in [2.45, 2.75) is 26.2 Å². The molecule has 4 heteroatoms. The summed E-state index contributed by atoms with van der Waals surface area (Å²) in [6.07, 6.45) is 3.41. The number of fused-ring (bicyclic) bond motifs is 3. The van der Waals surface area contributed by atoms with E-state index in [2.05, 4.69) is 41.9 Å². The molecule has 5 aromatic rings. The fourth-order valence-electron chi connectivity index (χ4n) is 4.18. The fraction of sp³-hybridized carbons (Fsp3) is 0.133. The Bertz CT molecular complexity index is 1580. The first-order valence-electron chi connectivity index (χ1n) is 11.3. The second kappa shape index (κ2) is 9.11. The van der Waals surface area contributed by atoms with Crippen LogP contribution in [0, 0.1) is 29.3 Å².